The average Bonchev–Trinajstić information content (AvgIpc) is 2.43. The van der Waals surface area contributed by atoms with Crippen LogP contribution in [0.1, 0.15) is 51.9 Å². The largest absolute Gasteiger partial charge is 0.463 e. The van der Waals surface area contributed by atoms with E-state index in [0.29, 0.717) is 19.6 Å². The first-order valence-corrected chi connectivity index (χ1v) is 16.3. The van der Waals surface area contributed by atoms with E-state index in [0.717, 1.165) is 12.8 Å². The van der Waals surface area contributed by atoms with Gasteiger partial charge in [0.2, 0.25) is 0 Å². The van der Waals surface area contributed by atoms with Gasteiger partial charge < -0.3 is 13.6 Å². The van der Waals surface area contributed by atoms with Crippen molar-refractivity contribution in [3.05, 3.63) is 0 Å². The maximum absolute atomic E-state index is 11.9. The molecule has 144 valence electrons. The minimum atomic E-state index is -1.69. The van der Waals surface area contributed by atoms with Crippen LogP contribution in [0.5, 0.6) is 0 Å². The van der Waals surface area contributed by atoms with Gasteiger partial charge in [0.25, 0.3) is 0 Å². The van der Waals surface area contributed by atoms with Gasteiger partial charge in [-0.3, -0.25) is 4.79 Å². The molecular weight excluding hydrogens is 336 g/mol. The summed E-state index contributed by atoms with van der Waals surface area (Å²) in [5.41, 5.74) is 0. The van der Waals surface area contributed by atoms with Crippen LogP contribution in [-0.2, 0) is 18.4 Å². The molecule has 0 radical (unpaired) electrons. The second-order valence-corrected chi connectivity index (χ2v) is 17.5. The smallest absolute Gasteiger partial charge is 0.305 e. The molecule has 0 aliphatic carbocycles. The Morgan fingerprint density at radius 3 is 1.96 bits per heavy atom. The van der Waals surface area contributed by atoms with Gasteiger partial charge in [0, 0.05) is 6.42 Å². The lowest BCUT2D eigenvalue weighted by molar-refractivity contribution is -0.146. The molecular formula is C18H40O4Si2. The Hall–Kier alpha value is -0.176. The van der Waals surface area contributed by atoms with Crippen molar-refractivity contribution in [1.82, 2.24) is 0 Å². The Labute approximate surface area is 151 Å². The maximum Gasteiger partial charge on any atom is 0.305 e. The molecule has 0 aromatic heterocycles. The molecule has 24 heavy (non-hydrogen) atoms. The lowest BCUT2D eigenvalue weighted by Gasteiger charge is -2.28. The molecule has 0 bridgehead atoms. The molecule has 0 aliphatic rings. The van der Waals surface area contributed by atoms with Gasteiger partial charge >= 0.3 is 5.97 Å². The molecule has 0 spiro atoms. The van der Waals surface area contributed by atoms with Gasteiger partial charge in [0.05, 0.1) is 6.61 Å². The summed E-state index contributed by atoms with van der Waals surface area (Å²) in [6.45, 7) is 15.9. The quantitative estimate of drug-likeness (QED) is 0.233. The van der Waals surface area contributed by atoms with Crippen LogP contribution in [0.15, 0.2) is 0 Å². The zero-order valence-corrected chi connectivity index (χ0v) is 19.1. The Kier molecular flexibility index (Phi) is 12.1. The SMILES string of the molecule is CCCCCCCCC(=O)OCC(CO[Si](C)(C)C)O[Si](C)(C)C. The summed E-state index contributed by atoms with van der Waals surface area (Å²) in [7, 11) is -3.28. The third kappa shape index (κ3) is 16.7. The van der Waals surface area contributed by atoms with Crippen LogP contribution in [0.3, 0.4) is 0 Å². The lowest BCUT2D eigenvalue weighted by Crippen LogP contribution is -2.40. The highest BCUT2D eigenvalue weighted by Crippen LogP contribution is 2.12. The van der Waals surface area contributed by atoms with E-state index in [-0.39, 0.29) is 12.1 Å². The first kappa shape index (κ1) is 23.8. The zero-order valence-electron chi connectivity index (χ0n) is 17.1. The number of rotatable bonds is 14. The van der Waals surface area contributed by atoms with Gasteiger partial charge in [-0.15, -0.1) is 0 Å². The molecule has 4 nitrogen and oxygen atoms in total. The fourth-order valence-electron chi connectivity index (χ4n) is 2.27. The molecule has 0 rings (SSSR count). The van der Waals surface area contributed by atoms with E-state index in [1.54, 1.807) is 0 Å². The van der Waals surface area contributed by atoms with Gasteiger partial charge in [-0.25, -0.2) is 0 Å². The number of unbranched alkanes of at least 4 members (excludes halogenated alkanes) is 5. The van der Waals surface area contributed by atoms with Crippen LogP contribution in [0.4, 0.5) is 0 Å². The van der Waals surface area contributed by atoms with Crippen molar-refractivity contribution < 1.29 is 18.4 Å². The molecule has 0 amide bonds. The van der Waals surface area contributed by atoms with Crippen LogP contribution in [0.25, 0.3) is 0 Å². The normalized spacial score (nSPS) is 13.8. The minimum absolute atomic E-state index is 0.109. The van der Waals surface area contributed by atoms with Gasteiger partial charge in [0.1, 0.15) is 12.7 Å². The van der Waals surface area contributed by atoms with Crippen LogP contribution >= 0.6 is 0 Å². The summed E-state index contributed by atoms with van der Waals surface area (Å²) >= 11 is 0. The summed E-state index contributed by atoms with van der Waals surface area (Å²) in [4.78, 5) is 11.9. The topological polar surface area (TPSA) is 44.8 Å². The monoisotopic (exact) mass is 376 g/mol. The van der Waals surface area contributed by atoms with Crippen molar-refractivity contribution in [3.63, 3.8) is 0 Å². The Morgan fingerprint density at radius 1 is 0.833 bits per heavy atom. The van der Waals surface area contributed by atoms with E-state index in [2.05, 4.69) is 46.2 Å². The van der Waals surface area contributed by atoms with Crippen LogP contribution in [0.2, 0.25) is 39.3 Å². The molecule has 0 heterocycles. The van der Waals surface area contributed by atoms with Gasteiger partial charge in [-0.05, 0) is 45.7 Å². The second kappa shape index (κ2) is 12.2. The molecule has 0 aromatic rings. The summed E-state index contributed by atoms with van der Waals surface area (Å²) in [6, 6.07) is 0. The molecule has 0 fully saturated rings. The van der Waals surface area contributed by atoms with Crippen molar-refractivity contribution in [1.29, 1.82) is 0 Å². The molecule has 0 N–H and O–H groups in total. The highest BCUT2D eigenvalue weighted by Gasteiger charge is 2.25. The fourth-order valence-corrected chi connectivity index (χ4v) is 4.09. The van der Waals surface area contributed by atoms with Gasteiger partial charge in [-0.2, -0.15) is 0 Å². The van der Waals surface area contributed by atoms with E-state index < -0.39 is 16.6 Å². The van der Waals surface area contributed by atoms with E-state index in [1.807, 2.05) is 0 Å². The van der Waals surface area contributed by atoms with Crippen molar-refractivity contribution >= 4 is 22.6 Å². The first-order valence-electron chi connectivity index (χ1n) is 9.51. The molecule has 1 atom stereocenters. The van der Waals surface area contributed by atoms with Crippen LogP contribution in [-0.4, -0.2) is 41.9 Å². The number of carbonyl (C=O) groups is 1. The number of carbonyl (C=O) groups excluding carboxylic acids is 1. The molecule has 0 aromatic carbocycles. The predicted molar refractivity (Wildman–Crippen MR) is 106 cm³/mol. The van der Waals surface area contributed by atoms with Crippen molar-refractivity contribution in [2.75, 3.05) is 13.2 Å². The van der Waals surface area contributed by atoms with Gasteiger partial charge in [-0.1, -0.05) is 39.0 Å². The van der Waals surface area contributed by atoms with E-state index in [9.17, 15) is 4.79 Å². The Bertz CT molecular complexity index is 335. The van der Waals surface area contributed by atoms with Crippen molar-refractivity contribution in [3.8, 4) is 0 Å². The van der Waals surface area contributed by atoms with Crippen molar-refractivity contribution in [2.45, 2.75) is 97.3 Å². The first-order chi connectivity index (χ1) is 11.0. The van der Waals surface area contributed by atoms with Crippen molar-refractivity contribution in [2.24, 2.45) is 0 Å². The Balaban J connectivity index is 4.08. The summed E-state index contributed by atoms with van der Waals surface area (Å²) < 4.78 is 17.5. The maximum atomic E-state index is 11.9. The number of esters is 1. The van der Waals surface area contributed by atoms with Crippen LogP contribution < -0.4 is 0 Å². The molecule has 0 saturated carbocycles. The van der Waals surface area contributed by atoms with E-state index >= 15 is 0 Å². The highest BCUT2D eigenvalue weighted by molar-refractivity contribution is 6.70. The molecule has 1 unspecified atom stereocenters. The molecule has 0 aliphatic heterocycles. The average molecular weight is 377 g/mol. The second-order valence-electron chi connectivity index (χ2n) is 8.48. The third-order valence-corrected chi connectivity index (χ3v) is 5.46. The number of hydrogen-bond acceptors (Lipinski definition) is 4. The van der Waals surface area contributed by atoms with E-state index in [1.165, 1.54) is 25.7 Å². The minimum Gasteiger partial charge on any atom is -0.463 e. The van der Waals surface area contributed by atoms with E-state index in [4.69, 9.17) is 13.6 Å². The molecule has 0 saturated heterocycles. The number of ether oxygens (including phenoxy) is 1. The lowest BCUT2D eigenvalue weighted by atomic mass is 10.1. The zero-order chi connectivity index (χ0) is 18.6. The highest BCUT2D eigenvalue weighted by atomic mass is 28.4. The summed E-state index contributed by atoms with van der Waals surface area (Å²) in [5, 5.41) is 0. The summed E-state index contributed by atoms with van der Waals surface area (Å²) in [5.74, 6) is -0.109. The van der Waals surface area contributed by atoms with Gasteiger partial charge in [0.15, 0.2) is 16.6 Å². The van der Waals surface area contributed by atoms with Crippen LogP contribution in [0, 0.1) is 0 Å². The predicted octanol–water partition coefficient (Wildman–Crippen LogP) is 5.35. The fraction of sp³-hybridized carbons (Fsp3) is 0.944. The standard InChI is InChI=1S/C18H40O4Si2/c1-8-9-10-11-12-13-14-18(19)20-15-17(22-24(5,6)7)16-21-23(2,3)4/h17H,8-16H2,1-7H3. The third-order valence-electron chi connectivity index (χ3n) is 3.39. The summed E-state index contributed by atoms with van der Waals surface area (Å²) in [6.07, 6.45) is 7.43. The Morgan fingerprint density at radius 2 is 1.42 bits per heavy atom. The number of hydrogen-bond donors (Lipinski definition) is 0. The molecule has 6 heteroatoms.